The first kappa shape index (κ1) is 31.3. The van der Waals surface area contributed by atoms with Gasteiger partial charge in [-0.15, -0.1) is 0 Å². The van der Waals surface area contributed by atoms with Gasteiger partial charge in [-0.25, -0.2) is 9.78 Å². The minimum Gasteiger partial charge on any atom is -0.454 e. The molecule has 0 saturated carbocycles. The number of nitrogens with one attached hydrogen (secondary N) is 1. The Hall–Kier alpha value is -5.18. The van der Waals surface area contributed by atoms with Crippen LogP contribution in [0.5, 0.6) is 11.5 Å². The van der Waals surface area contributed by atoms with Crippen LogP contribution in [0.25, 0.3) is 22.6 Å². The summed E-state index contributed by atoms with van der Waals surface area (Å²) in [6.45, 7) is 5.76. The summed E-state index contributed by atoms with van der Waals surface area (Å²) in [5.41, 5.74) is 8.66. The molecule has 3 aromatic carbocycles. The Labute approximate surface area is 262 Å². The number of esters is 1. The van der Waals surface area contributed by atoms with E-state index in [1.807, 2.05) is 75.4 Å². The lowest BCUT2D eigenvalue weighted by molar-refractivity contribution is -0.119. The van der Waals surface area contributed by atoms with Crippen molar-refractivity contribution in [1.82, 2.24) is 9.88 Å². The van der Waals surface area contributed by atoms with Crippen molar-refractivity contribution in [3.8, 4) is 11.5 Å². The quantitative estimate of drug-likeness (QED) is 0.204. The van der Waals surface area contributed by atoms with Crippen LogP contribution in [0, 0.1) is 20.8 Å². The fourth-order valence-corrected chi connectivity index (χ4v) is 5.67. The third kappa shape index (κ3) is 7.15. The van der Waals surface area contributed by atoms with Crippen LogP contribution in [-0.2, 0) is 20.7 Å². The normalized spacial score (nSPS) is 13.8. The monoisotopic (exact) mass is 607 g/mol. The Morgan fingerprint density at radius 1 is 0.978 bits per heavy atom. The van der Waals surface area contributed by atoms with Crippen LogP contribution in [0.3, 0.4) is 0 Å². The number of carbonyl (C=O) groups excluding carboxylic acids is 3. The molecule has 0 saturated heterocycles. The van der Waals surface area contributed by atoms with Crippen molar-refractivity contribution >= 4 is 46.5 Å². The number of allylic oxidation sites excluding steroid dienone is 1. The van der Waals surface area contributed by atoms with Gasteiger partial charge in [0, 0.05) is 25.2 Å². The van der Waals surface area contributed by atoms with Gasteiger partial charge in [0.05, 0.1) is 16.8 Å². The van der Waals surface area contributed by atoms with Crippen molar-refractivity contribution in [2.45, 2.75) is 40.0 Å². The van der Waals surface area contributed by atoms with Crippen molar-refractivity contribution in [3.63, 3.8) is 0 Å². The third-order valence-electron chi connectivity index (χ3n) is 7.60. The Morgan fingerprint density at radius 3 is 2.42 bits per heavy atom. The highest BCUT2D eigenvalue weighted by molar-refractivity contribution is 6.07. The fraction of sp³-hybridized carbons (Fsp3) is 0.278. The van der Waals surface area contributed by atoms with Crippen molar-refractivity contribution in [2.24, 2.45) is 0 Å². The SMILES string of the molecule is CN(C)C=O.Cc1cc(C)c(NC(=O)COC(=O)c2c3c(nc4ccccc24)/C(=C/c2ccc4c(c2)OCO4)CCC3)c(C)c1. The lowest BCUT2D eigenvalue weighted by Crippen LogP contribution is -2.23. The van der Waals surface area contributed by atoms with Crippen LogP contribution in [0.1, 0.15) is 56.7 Å². The largest absolute Gasteiger partial charge is 0.454 e. The lowest BCUT2D eigenvalue weighted by Gasteiger charge is -2.22. The number of amides is 2. The maximum atomic E-state index is 13.6. The minimum atomic E-state index is -0.522. The van der Waals surface area contributed by atoms with Gasteiger partial charge in [-0.2, -0.15) is 0 Å². The zero-order chi connectivity index (χ0) is 32.1. The first-order chi connectivity index (χ1) is 21.6. The summed E-state index contributed by atoms with van der Waals surface area (Å²) in [6.07, 6.45) is 5.25. The van der Waals surface area contributed by atoms with E-state index in [2.05, 4.69) is 11.4 Å². The highest BCUT2D eigenvalue weighted by atomic mass is 16.7. The Bertz CT molecular complexity index is 1790. The predicted octanol–water partition coefficient (Wildman–Crippen LogP) is 6.27. The average Bonchev–Trinajstić information content (AvgIpc) is 3.49. The number of nitrogens with zero attached hydrogens (tertiary/aromatic N) is 2. The third-order valence-corrected chi connectivity index (χ3v) is 7.60. The van der Waals surface area contributed by atoms with Crippen LogP contribution < -0.4 is 14.8 Å². The summed E-state index contributed by atoms with van der Waals surface area (Å²) in [4.78, 5) is 42.2. The molecule has 4 aromatic rings. The first-order valence-electron chi connectivity index (χ1n) is 14.8. The molecule has 0 atom stereocenters. The summed E-state index contributed by atoms with van der Waals surface area (Å²) in [5, 5.41) is 3.63. The van der Waals surface area contributed by atoms with Crippen LogP contribution in [0.15, 0.2) is 54.6 Å². The van der Waals surface area contributed by atoms with Crippen LogP contribution >= 0.6 is 0 Å². The number of para-hydroxylation sites is 1. The molecule has 0 spiro atoms. The summed E-state index contributed by atoms with van der Waals surface area (Å²) in [6, 6.07) is 17.4. The van der Waals surface area contributed by atoms with E-state index < -0.39 is 5.97 Å². The number of ether oxygens (including phenoxy) is 3. The number of benzene rings is 3. The van der Waals surface area contributed by atoms with Gasteiger partial charge < -0.3 is 24.4 Å². The smallest absolute Gasteiger partial charge is 0.339 e. The van der Waals surface area contributed by atoms with Gasteiger partial charge in [0.1, 0.15) is 0 Å². The van der Waals surface area contributed by atoms with E-state index in [0.29, 0.717) is 17.5 Å². The molecule has 6 rings (SSSR count). The van der Waals surface area contributed by atoms with Crippen LogP contribution in [0.2, 0.25) is 0 Å². The molecule has 2 aliphatic rings. The number of fused-ring (bicyclic) bond motifs is 3. The van der Waals surface area contributed by atoms with Gasteiger partial charge in [0.15, 0.2) is 18.1 Å². The van der Waals surface area contributed by atoms with E-state index in [4.69, 9.17) is 19.2 Å². The number of aryl methyl sites for hydroxylation is 3. The topological polar surface area (TPSA) is 107 Å². The van der Waals surface area contributed by atoms with Gasteiger partial charge in [-0.05, 0) is 92.1 Å². The van der Waals surface area contributed by atoms with E-state index in [1.54, 1.807) is 14.1 Å². The number of pyridine rings is 1. The van der Waals surface area contributed by atoms with Gasteiger partial charge in [-0.3, -0.25) is 9.59 Å². The first-order valence-corrected chi connectivity index (χ1v) is 14.8. The highest BCUT2D eigenvalue weighted by Crippen LogP contribution is 2.38. The van der Waals surface area contributed by atoms with Gasteiger partial charge in [0.2, 0.25) is 13.2 Å². The van der Waals surface area contributed by atoms with Gasteiger partial charge in [-0.1, -0.05) is 42.0 Å². The minimum absolute atomic E-state index is 0.222. The number of hydrogen-bond donors (Lipinski definition) is 1. The molecule has 0 fully saturated rings. The summed E-state index contributed by atoms with van der Waals surface area (Å²) in [5.74, 6) is 0.554. The molecule has 232 valence electrons. The molecule has 0 unspecified atom stereocenters. The zero-order valence-corrected chi connectivity index (χ0v) is 26.2. The maximum Gasteiger partial charge on any atom is 0.339 e. The fourth-order valence-electron chi connectivity index (χ4n) is 5.67. The molecule has 0 bridgehead atoms. The number of carbonyl (C=O) groups is 3. The molecule has 45 heavy (non-hydrogen) atoms. The molecular formula is C36H37N3O6. The molecule has 2 heterocycles. The molecule has 9 heteroatoms. The molecule has 9 nitrogen and oxygen atoms in total. The Balaban J connectivity index is 0.000000743. The number of aromatic nitrogens is 1. The van der Waals surface area contributed by atoms with E-state index in [1.165, 1.54) is 4.90 Å². The molecule has 1 N–H and O–H groups in total. The summed E-state index contributed by atoms with van der Waals surface area (Å²) in [7, 11) is 3.38. The van der Waals surface area contributed by atoms with Crippen LogP contribution in [0.4, 0.5) is 5.69 Å². The van der Waals surface area contributed by atoms with E-state index >= 15 is 0 Å². The van der Waals surface area contributed by atoms with E-state index in [-0.39, 0.29) is 19.3 Å². The Morgan fingerprint density at radius 2 is 1.69 bits per heavy atom. The predicted molar refractivity (Wildman–Crippen MR) is 174 cm³/mol. The van der Waals surface area contributed by atoms with E-state index in [9.17, 15) is 14.4 Å². The summed E-state index contributed by atoms with van der Waals surface area (Å²) < 4.78 is 16.6. The molecule has 1 aromatic heterocycles. The second-order valence-corrected chi connectivity index (χ2v) is 11.4. The number of rotatable bonds is 6. The standard InChI is InChI=1S/C33H30N2O5.C3H7NO/c1-19-13-20(2)31(21(3)14-19)35-29(36)17-38-33(37)30-24-8-4-5-10-26(24)34-32-23(7-6-9-25(30)32)15-22-11-12-27-28(16-22)40-18-39-27;1-4(2)3-5/h4-5,8,10-16H,6-7,9,17-18H2,1-3H3,(H,35,36);3H,1-2H3/b23-15+;. The molecule has 1 aliphatic carbocycles. The van der Waals surface area contributed by atoms with Gasteiger partial charge >= 0.3 is 5.97 Å². The van der Waals surface area contributed by atoms with Crippen molar-refractivity contribution < 1.29 is 28.6 Å². The van der Waals surface area contributed by atoms with Crippen molar-refractivity contribution in [2.75, 3.05) is 32.8 Å². The second-order valence-electron chi connectivity index (χ2n) is 11.4. The molecular weight excluding hydrogens is 570 g/mol. The molecule has 0 radical (unpaired) electrons. The highest BCUT2D eigenvalue weighted by Gasteiger charge is 2.27. The van der Waals surface area contributed by atoms with Crippen molar-refractivity contribution in [3.05, 3.63) is 93.7 Å². The maximum absolute atomic E-state index is 13.6. The molecule has 2 amide bonds. The zero-order valence-electron chi connectivity index (χ0n) is 26.2. The summed E-state index contributed by atoms with van der Waals surface area (Å²) >= 11 is 0. The van der Waals surface area contributed by atoms with E-state index in [0.717, 1.165) is 80.9 Å². The molecule has 1 aliphatic heterocycles. The van der Waals surface area contributed by atoms with Crippen LogP contribution in [-0.4, -0.2) is 55.7 Å². The van der Waals surface area contributed by atoms with Gasteiger partial charge in [0.25, 0.3) is 5.91 Å². The Kier molecular flexibility index (Phi) is 9.47. The van der Waals surface area contributed by atoms with Crippen molar-refractivity contribution in [1.29, 1.82) is 0 Å². The number of hydrogen-bond acceptors (Lipinski definition) is 7. The number of anilines is 1. The average molecular weight is 608 g/mol. The second kappa shape index (κ2) is 13.6. The lowest BCUT2D eigenvalue weighted by atomic mass is 9.86.